The van der Waals surface area contributed by atoms with Crippen LogP contribution in [0.2, 0.25) is 0 Å². The zero-order valence-electron chi connectivity index (χ0n) is 13.5. The Balaban J connectivity index is 1.94. The highest BCUT2D eigenvalue weighted by atomic mass is 16.6. The van der Waals surface area contributed by atoms with E-state index in [1.807, 2.05) is 0 Å². The minimum atomic E-state index is -0.522. The third-order valence-corrected chi connectivity index (χ3v) is 3.88. The van der Waals surface area contributed by atoms with Gasteiger partial charge in [0, 0.05) is 34.8 Å². The standard InChI is InChI=1S/C18H14N2O5/c1-10-8-17(21)25-16-7-11(2)15(9-14(10)16)19-18(22)12-3-5-13(6-4-12)20(23)24/h3-9H,1-2H3,(H,19,22). The number of rotatable bonds is 3. The number of nitrogens with one attached hydrogen (secondary N) is 1. The summed E-state index contributed by atoms with van der Waals surface area (Å²) in [6.45, 7) is 3.57. The van der Waals surface area contributed by atoms with Crippen molar-refractivity contribution < 1.29 is 14.1 Å². The average molecular weight is 338 g/mol. The van der Waals surface area contributed by atoms with Crippen LogP contribution in [0, 0.1) is 24.0 Å². The molecule has 126 valence electrons. The van der Waals surface area contributed by atoms with Crippen LogP contribution in [0.1, 0.15) is 21.5 Å². The van der Waals surface area contributed by atoms with Crippen molar-refractivity contribution in [2.45, 2.75) is 13.8 Å². The number of fused-ring (bicyclic) bond motifs is 1. The van der Waals surface area contributed by atoms with Gasteiger partial charge in [-0.3, -0.25) is 14.9 Å². The molecule has 1 aromatic heterocycles. The molecule has 3 rings (SSSR count). The quantitative estimate of drug-likeness (QED) is 0.447. The second-order valence-electron chi connectivity index (χ2n) is 5.67. The molecule has 7 heteroatoms. The van der Waals surface area contributed by atoms with Crippen LogP contribution in [0.4, 0.5) is 11.4 Å². The van der Waals surface area contributed by atoms with Crippen molar-refractivity contribution in [3.63, 3.8) is 0 Å². The maximum Gasteiger partial charge on any atom is 0.336 e. The molecule has 0 atom stereocenters. The summed E-state index contributed by atoms with van der Waals surface area (Å²) in [4.78, 5) is 34.0. The molecule has 1 amide bonds. The zero-order chi connectivity index (χ0) is 18.1. The highest BCUT2D eigenvalue weighted by Crippen LogP contribution is 2.25. The third-order valence-electron chi connectivity index (χ3n) is 3.88. The predicted molar refractivity (Wildman–Crippen MR) is 93.0 cm³/mol. The lowest BCUT2D eigenvalue weighted by Crippen LogP contribution is -2.13. The van der Waals surface area contributed by atoms with E-state index in [0.717, 1.165) is 16.5 Å². The minimum absolute atomic E-state index is 0.0795. The number of carbonyl (C=O) groups is 1. The van der Waals surface area contributed by atoms with E-state index in [9.17, 15) is 19.7 Å². The largest absolute Gasteiger partial charge is 0.423 e. The molecule has 1 heterocycles. The van der Waals surface area contributed by atoms with Crippen LogP contribution in [-0.2, 0) is 0 Å². The van der Waals surface area contributed by atoms with Crippen molar-refractivity contribution in [2.24, 2.45) is 0 Å². The van der Waals surface area contributed by atoms with Gasteiger partial charge in [0.15, 0.2) is 0 Å². The molecular weight excluding hydrogens is 324 g/mol. The minimum Gasteiger partial charge on any atom is -0.423 e. The Morgan fingerprint density at radius 3 is 2.40 bits per heavy atom. The molecule has 0 unspecified atom stereocenters. The Kier molecular flexibility index (Phi) is 4.06. The monoisotopic (exact) mass is 338 g/mol. The number of benzene rings is 2. The molecule has 0 aliphatic heterocycles. The van der Waals surface area contributed by atoms with Crippen molar-refractivity contribution in [2.75, 3.05) is 5.32 Å². The normalized spacial score (nSPS) is 10.6. The van der Waals surface area contributed by atoms with Gasteiger partial charge in [-0.1, -0.05) is 0 Å². The lowest BCUT2D eigenvalue weighted by Gasteiger charge is -2.10. The average Bonchev–Trinajstić information content (AvgIpc) is 2.56. The first kappa shape index (κ1) is 16.4. The van der Waals surface area contributed by atoms with E-state index in [0.29, 0.717) is 16.8 Å². The molecule has 0 saturated heterocycles. The maximum atomic E-state index is 12.4. The van der Waals surface area contributed by atoms with E-state index in [4.69, 9.17) is 4.42 Å². The van der Waals surface area contributed by atoms with Gasteiger partial charge in [0.2, 0.25) is 0 Å². The first-order valence-electron chi connectivity index (χ1n) is 7.46. The summed E-state index contributed by atoms with van der Waals surface area (Å²) in [6.07, 6.45) is 0. The summed E-state index contributed by atoms with van der Waals surface area (Å²) in [5, 5.41) is 14.2. The van der Waals surface area contributed by atoms with E-state index in [2.05, 4.69) is 5.32 Å². The summed E-state index contributed by atoms with van der Waals surface area (Å²) in [7, 11) is 0. The smallest absolute Gasteiger partial charge is 0.336 e. The van der Waals surface area contributed by atoms with Crippen molar-refractivity contribution in [3.8, 4) is 0 Å². The van der Waals surface area contributed by atoms with Gasteiger partial charge in [-0.25, -0.2) is 4.79 Å². The number of non-ortho nitro benzene ring substituents is 1. The van der Waals surface area contributed by atoms with Crippen molar-refractivity contribution in [3.05, 3.63) is 79.7 Å². The third kappa shape index (κ3) is 3.25. The second kappa shape index (κ2) is 6.20. The Labute approximate surface area is 142 Å². The number of nitro groups is 1. The predicted octanol–water partition coefficient (Wildman–Crippen LogP) is 3.57. The van der Waals surface area contributed by atoms with Crippen LogP contribution in [0.25, 0.3) is 11.0 Å². The first-order chi connectivity index (χ1) is 11.8. The molecule has 0 bridgehead atoms. The van der Waals surface area contributed by atoms with Gasteiger partial charge in [-0.2, -0.15) is 0 Å². The van der Waals surface area contributed by atoms with Crippen LogP contribution in [0.3, 0.4) is 0 Å². The lowest BCUT2D eigenvalue weighted by atomic mass is 10.1. The SMILES string of the molecule is Cc1cc2oc(=O)cc(C)c2cc1NC(=O)c1ccc([N+](=O)[O-])cc1. The molecule has 0 fully saturated rings. The van der Waals surface area contributed by atoms with Crippen molar-refractivity contribution >= 4 is 28.3 Å². The van der Waals surface area contributed by atoms with E-state index in [1.165, 1.54) is 30.3 Å². The number of nitro benzene ring substituents is 1. The molecule has 0 spiro atoms. The molecule has 25 heavy (non-hydrogen) atoms. The van der Waals surface area contributed by atoms with Gasteiger partial charge in [0.1, 0.15) is 5.58 Å². The Morgan fingerprint density at radius 2 is 1.76 bits per heavy atom. The Hall–Kier alpha value is -3.48. The molecule has 3 aromatic rings. The number of nitrogens with zero attached hydrogens (tertiary/aromatic N) is 1. The van der Waals surface area contributed by atoms with E-state index >= 15 is 0 Å². The zero-order valence-corrected chi connectivity index (χ0v) is 13.5. The number of hydrogen-bond acceptors (Lipinski definition) is 5. The Bertz CT molecular complexity index is 1050. The Morgan fingerprint density at radius 1 is 1.08 bits per heavy atom. The number of carbonyl (C=O) groups excluding carboxylic acids is 1. The number of aryl methyl sites for hydroxylation is 2. The highest BCUT2D eigenvalue weighted by Gasteiger charge is 2.12. The molecule has 0 radical (unpaired) electrons. The van der Waals surface area contributed by atoms with Gasteiger partial charge in [0.25, 0.3) is 11.6 Å². The van der Waals surface area contributed by atoms with Gasteiger partial charge in [-0.05, 0) is 49.2 Å². The van der Waals surface area contributed by atoms with Gasteiger partial charge in [-0.15, -0.1) is 0 Å². The summed E-state index contributed by atoms with van der Waals surface area (Å²) in [5.41, 5.74) is 2.31. The first-order valence-corrected chi connectivity index (χ1v) is 7.46. The number of amides is 1. The topological polar surface area (TPSA) is 102 Å². The van der Waals surface area contributed by atoms with Gasteiger partial charge in [0.05, 0.1) is 4.92 Å². The molecule has 2 aromatic carbocycles. The van der Waals surface area contributed by atoms with Crippen molar-refractivity contribution in [1.29, 1.82) is 0 Å². The van der Waals surface area contributed by atoms with Crippen LogP contribution in [0.5, 0.6) is 0 Å². The van der Waals surface area contributed by atoms with Gasteiger partial charge >= 0.3 is 5.63 Å². The molecule has 0 aliphatic rings. The van der Waals surface area contributed by atoms with E-state index < -0.39 is 10.5 Å². The van der Waals surface area contributed by atoms with E-state index in [1.54, 1.807) is 26.0 Å². The molecular formula is C18H14N2O5. The molecule has 7 nitrogen and oxygen atoms in total. The molecule has 0 saturated carbocycles. The maximum absolute atomic E-state index is 12.4. The fourth-order valence-electron chi connectivity index (χ4n) is 2.53. The highest BCUT2D eigenvalue weighted by molar-refractivity contribution is 6.05. The summed E-state index contributed by atoms with van der Waals surface area (Å²) >= 11 is 0. The van der Waals surface area contributed by atoms with Crippen LogP contribution in [0.15, 0.2) is 51.7 Å². The fraction of sp³-hybridized carbons (Fsp3) is 0.111. The van der Waals surface area contributed by atoms with Crippen molar-refractivity contribution in [1.82, 2.24) is 0 Å². The number of hydrogen-bond donors (Lipinski definition) is 1. The lowest BCUT2D eigenvalue weighted by molar-refractivity contribution is -0.384. The van der Waals surface area contributed by atoms with E-state index in [-0.39, 0.29) is 11.6 Å². The summed E-state index contributed by atoms with van der Waals surface area (Å²) < 4.78 is 5.17. The van der Waals surface area contributed by atoms with Gasteiger partial charge < -0.3 is 9.73 Å². The summed E-state index contributed by atoms with van der Waals surface area (Å²) in [5.74, 6) is -0.382. The summed E-state index contributed by atoms with van der Waals surface area (Å²) in [6, 6.07) is 10.2. The van der Waals surface area contributed by atoms with Crippen LogP contribution < -0.4 is 10.9 Å². The van der Waals surface area contributed by atoms with Crippen LogP contribution in [-0.4, -0.2) is 10.8 Å². The fourth-order valence-corrected chi connectivity index (χ4v) is 2.53. The molecule has 0 aliphatic carbocycles. The molecule has 1 N–H and O–H groups in total. The number of anilines is 1. The van der Waals surface area contributed by atoms with Crippen LogP contribution >= 0.6 is 0 Å². The second-order valence-corrected chi connectivity index (χ2v) is 5.67.